The first-order valence-electron chi connectivity index (χ1n) is 10.1. The highest BCUT2D eigenvalue weighted by Crippen LogP contribution is 2.41. The number of likely N-dealkylation sites (N-methyl/N-ethyl adjacent to an activating group) is 1. The fraction of sp³-hybridized carbons (Fsp3) is 0.636. The van der Waals surface area contributed by atoms with Crippen molar-refractivity contribution in [2.75, 3.05) is 20.3 Å². The number of carbonyl (C=O) groups is 2. The molecule has 1 saturated carbocycles. The molecule has 0 bridgehead atoms. The Morgan fingerprint density at radius 2 is 1.89 bits per heavy atom. The summed E-state index contributed by atoms with van der Waals surface area (Å²) >= 11 is 0. The number of rotatable bonds is 6. The van der Waals surface area contributed by atoms with Crippen molar-refractivity contribution < 1.29 is 23.8 Å². The van der Waals surface area contributed by atoms with Crippen LogP contribution in [0, 0.1) is 5.92 Å². The molecule has 0 saturated heterocycles. The van der Waals surface area contributed by atoms with Crippen LogP contribution in [0.1, 0.15) is 52.0 Å². The van der Waals surface area contributed by atoms with E-state index < -0.39 is 5.97 Å². The third-order valence-electron chi connectivity index (χ3n) is 5.68. The number of esters is 1. The van der Waals surface area contributed by atoms with Crippen molar-refractivity contribution in [3.63, 3.8) is 0 Å². The molecule has 1 amide bonds. The van der Waals surface area contributed by atoms with Gasteiger partial charge in [0.05, 0.1) is 0 Å². The number of amides is 1. The number of para-hydroxylation sites is 1. The highest BCUT2D eigenvalue weighted by atomic mass is 16.6. The van der Waals surface area contributed by atoms with Crippen molar-refractivity contribution in [1.29, 1.82) is 0 Å². The number of hydrogen-bond acceptors (Lipinski definition) is 5. The molecule has 0 aromatic heterocycles. The van der Waals surface area contributed by atoms with Crippen molar-refractivity contribution in [3.05, 3.63) is 23.8 Å². The van der Waals surface area contributed by atoms with Gasteiger partial charge in [0.2, 0.25) is 0 Å². The molecule has 0 spiro atoms. The van der Waals surface area contributed by atoms with E-state index >= 15 is 0 Å². The second-order valence-electron chi connectivity index (χ2n) is 8.65. The number of fused-ring (bicyclic) bond motifs is 1. The van der Waals surface area contributed by atoms with Crippen molar-refractivity contribution in [1.82, 2.24) is 4.90 Å². The minimum absolute atomic E-state index is 0.168. The Hall–Kier alpha value is -2.24. The van der Waals surface area contributed by atoms with Gasteiger partial charge in [-0.15, -0.1) is 0 Å². The first-order chi connectivity index (χ1) is 13.2. The SMILES string of the molecule is CC1CCC(N(C)C(=O)COC(=O)COc2cccc3c2OC(C)(C)C3)CC1. The number of benzene rings is 1. The molecule has 2 aliphatic rings. The summed E-state index contributed by atoms with van der Waals surface area (Å²) in [5, 5.41) is 0. The lowest BCUT2D eigenvalue weighted by Crippen LogP contribution is -2.41. The summed E-state index contributed by atoms with van der Waals surface area (Å²) in [6.45, 7) is 5.77. The maximum atomic E-state index is 12.3. The van der Waals surface area contributed by atoms with E-state index in [1.54, 1.807) is 18.0 Å². The van der Waals surface area contributed by atoms with Gasteiger partial charge in [-0.25, -0.2) is 4.79 Å². The molecule has 0 N–H and O–H groups in total. The topological polar surface area (TPSA) is 65.1 Å². The molecule has 6 heteroatoms. The Kier molecular flexibility index (Phi) is 6.16. The highest BCUT2D eigenvalue weighted by Gasteiger charge is 2.32. The lowest BCUT2D eigenvalue weighted by Gasteiger charge is -2.33. The maximum Gasteiger partial charge on any atom is 0.344 e. The van der Waals surface area contributed by atoms with Crippen LogP contribution >= 0.6 is 0 Å². The molecule has 0 atom stereocenters. The van der Waals surface area contributed by atoms with Crippen LogP contribution < -0.4 is 9.47 Å². The zero-order valence-corrected chi connectivity index (χ0v) is 17.3. The molecule has 1 aliphatic carbocycles. The average Bonchev–Trinajstić information content (AvgIpc) is 2.98. The molecule has 1 heterocycles. The van der Waals surface area contributed by atoms with E-state index in [0.29, 0.717) is 11.5 Å². The van der Waals surface area contributed by atoms with E-state index in [4.69, 9.17) is 14.2 Å². The Balaban J connectivity index is 1.44. The normalized spacial score (nSPS) is 22.7. The minimum atomic E-state index is -0.561. The predicted octanol–water partition coefficient (Wildman–Crippen LogP) is 3.36. The fourth-order valence-corrected chi connectivity index (χ4v) is 3.96. The quantitative estimate of drug-likeness (QED) is 0.698. The van der Waals surface area contributed by atoms with Gasteiger partial charge < -0.3 is 19.1 Å². The van der Waals surface area contributed by atoms with Crippen molar-refractivity contribution >= 4 is 11.9 Å². The van der Waals surface area contributed by atoms with E-state index in [1.807, 2.05) is 26.0 Å². The second-order valence-corrected chi connectivity index (χ2v) is 8.65. The second kappa shape index (κ2) is 8.41. The van der Waals surface area contributed by atoms with E-state index in [2.05, 4.69) is 6.92 Å². The minimum Gasteiger partial charge on any atom is -0.483 e. The summed E-state index contributed by atoms with van der Waals surface area (Å²) in [7, 11) is 1.79. The van der Waals surface area contributed by atoms with Gasteiger partial charge in [0.15, 0.2) is 24.7 Å². The van der Waals surface area contributed by atoms with Gasteiger partial charge in [0, 0.05) is 25.1 Å². The van der Waals surface area contributed by atoms with Crippen LogP contribution in [-0.2, 0) is 20.7 Å². The zero-order valence-electron chi connectivity index (χ0n) is 17.3. The summed E-state index contributed by atoms with van der Waals surface area (Å²) in [5.74, 6) is 1.21. The number of carbonyl (C=O) groups excluding carboxylic acids is 2. The van der Waals surface area contributed by atoms with E-state index in [-0.39, 0.29) is 30.8 Å². The Morgan fingerprint density at radius 3 is 2.61 bits per heavy atom. The molecule has 1 aromatic rings. The molecule has 6 nitrogen and oxygen atoms in total. The lowest BCUT2D eigenvalue weighted by atomic mass is 9.87. The van der Waals surface area contributed by atoms with Gasteiger partial charge in [0.1, 0.15) is 5.60 Å². The molecule has 1 aliphatic heterocycles. The van der Waals surface area contributed by atoms with Crippen LogP contribution in [-0.4, -0.2) is 48.7 Å². The third kappa shape index (κ3) is 4.97. The summed E-state index contributed by atoms with van der Waals surface area (Å²) in [5.41, 5.74) is 0.783. The van der Waals surface area contributed by atoms with Crippen LogP contribution in [0.15, 0.2) is 18.2 Å². The maximum absolute atomic E-state index is 12.3. The van der Waals surface area contributed by atoms with Gasteiger partial charge in [-0.05, 0) is 51.5 Å². The lowest BCUT2D eigenvalue weighted by molar-refractivity contribution is -0.154. The Bertz CT molecular complexity index is 722. The summed E-state index contributed by atoms with van der Waals surface area (Å²) in [4.78, 5) is 26.1. The number of ether oxygens (including phenoxy) is 3. The number of hydrogen-bond donors (Lipinski definition) is 0. The van der Waals surface area contributed by atoms with Crippen LogP contribution in [0.3, 0.4) is 0 Å². The van der Waals surface area contributed by atoms with E-state index in [9.17, 15) is 9.59 Å². The molecular formula is C22H31NO5. The van der Waals surface area contributed by atoms with Gasteiger partial charge in [-0.2, -0.15) is 0 Å². The smallest absolute Gasteiger partial charge is 0.344 e. The third-order valence-corrected chi connectivity index (χ3v) is 5.68. The van der Waals surface area contributed by atoms with Crippen molar-refractivity contribution in [2.45, 2.75) is 64.5 Å². The molecule has 28 heavy (non-hydrogen) atoms. The first kappa shape index (κ1) is 20.5. The zero-order chi connectivity index (χ0) is 20.3. The summed E-state index contributed by atoms with van der Waals surface area (Å²) < 4.78 is 16.6. The van der Waals surface area contributed by atoms with Crippen LogP contribution in [0.25, 0.3) is 0 Å². The first-order valence-corrected chi connectivity index (χ1v) is 10.1. The molecule has 1 aromatic carbocycles. The van der Waals surface area contributed by atoms with E-state index in [1.165, 1.54) is 0 Å². The summed E-state index contributed by atoms with van der Waals surface area (Å²) in [6.07, 6.45) is 5.09. The fourth-order valence-electron chi connectivity index (χ4n) is 3.96. The van der Waals surface area contributed by atoms with Gasteiger partial charge in [0.25, 0.3) is 5.91 Å². The monoisotopic (exact) mass is 389 g/mol. The standard InChI is InChI=1S/C22H31NO5/c1-15-8-10-17(11-9-15)23(4)19(24)13-27-20(25)14-26-18-7-5-6-16-12-22(2,3)28-21(16)18/h5-7,15,17H,8-14H2,1-4H3. The Labute approximate surface area is 167 Å². The molecular weight excluding hydrogens is 358 g/mol. The van der Waals surface area contributed by atoms with Crippen molar-refractivity contribution in [2.24, 2.45) is 5.92 Å². The summed E-state index contributed by atoms with van der Waals surface area (Å²) in [6, 6.07) is 5.89. The van der Waals surface area contributed by atoms with Gasteiger partial charge in [-0.3, -0.25) is 4.79 Å². The Morgan fingerprint density at radius 1 is 1.18 bits per heavy atom. The largest absolute Gasteiger partial charge is 0.483 e. The molecule has 154 valence electrons. The van der Waals surface area contributed by atoms with Crippen molar-refractivity contribution in [3.8, 4) is 11.5 Å². The van der Waals surface area contributed by atoms with Crippen LogP contribution in [0.5, 0.6) is 11.5 Å². The van der Waals surface area contributed by atoms with Gasteiger partial charge in [-0.1, -0.05) is 19.1 Å². The molecule has 0 unspecified atom stereocenters. The molecule has 1 fully saturated rings. The van der Waals surface area contributed by atoms with Crippen LogP contribution in [0.4, 0.5) is 0 Å². The molecule has 0 radical (unpaired) electrons. The average molecular weight is 389 g/mol. The highest BCUT2D eigenvalue weighted by molar-refractivity contribution is 5.81. The number of nitrogens with zero attached hydrogens (tertiary/aromatic N) is 1. The van der Waals surface area contributed by atoms with Crippen LogP contribution in [0.2, 0.25) is 0 Å². The van der Waals surface area contributed by atoms with E-state index in [0.717, 1.165) is 43.6 Å². The van der Waals surface area contributed by atoms with Gasteiger partial charge >= 0.3 is 5.97 Å². The molecule has 3 rings (SSSR count). The predicted molar refractivity (Wildman–Crippen MR) is 105 cm³/mol.